The highest BCUT2D eigenvalue weighted by atomic mass is 79.9. The Morgan fingerprint density at radius 1 is 1.33 bits per heavy atom. The largest absolute Gasteiger partial charge is 0.254 e. The predicted molar refractivity (Wildman–Crippen MR) is 71.5 cm³/mol. The third-order valence-corrected chi connectivity index (χ3v) is 4.11. The molecule has 1 nitrogen and oxygen atoms in total. The van der Waals surface area contributed by atoms with E-state index < -0.39 is 0 Å². The number of fused-ring (bicyclic) bond motifs is 1. The van der Waals surface area contributed by atoms with Crippen molar-refractivity contribution in [2.24, 2.45) is 0 Å². The van der Waals surface area contributed by atoms with Crippen LogP contribution in [0.2, 0.25) is 5.02 Å². The van der Waals surface area contributed by atoms with E-state index in [4.69, 9.17) is 11.6 Å². The fourth-order valence-electron chi connectivity index (χ4n) is 1.55. The van der Waals surface area contributed by atoms with Crippen molar-refractivity contribution in [3.63, 3.8) is 0 Å². The fourth-order valence-corrected chi connectivity index (χ4v) is 2.61. The molecule has 0 bridgehead atoms. The zero-order chi connectivity index (χ0) is 11.0. The third kappa shape index (κ3) is 2.05. The van der Waals surface area contributed by atoms with Crippen LogP contribution in [0.5, 0.6) is 0 Å². The van der Waals surface area contributed by atoms with Gasteiger partial charge in [0, 0.05) is 20.5 Å². The molecule has 1 aromatic carbocycles. The van der Waals surface area contributed by atoms with Gasteiger partial charge in [-0.05, 0) is 40.0 Å². The molecule has 0 fully saturated rings. The molecule has 0 spiro atoms. The second kappa shape index (κ2) is 4.40. The summed E-state index contributed by atoms with van der Waals surface area (Å²) in [4.78, 5) is 4.37. The molecule has 0 aliphatic rings. The SMILES string of the molecule is CCc1cc(Br)cc2c(Br)c(Cl)cnc12. The quantitative estimate of drug-likeness (QED) is 0.708. The van der Waals surface area contributed by atoms with Crippen LogP contribution in [0.1, 0.15) is 12.5 Å². The van der Waals surface area contributed by atoms with Crippen LogP contribution >= 0.6 is 43.5 Å². The molecule has 0 radical (unpaired) electrons. The number of pyridine rings is 1. The molecular weight excluding hydrogens is 341 g/mol. The molecule has 0 saturated carbocycles. The summed E-state index contributed by atoms with van der Waals surface area (Å²) in [6.07, 6.45) is 2.64. The second-order valence-electron chi connectivity index (χ2n) is 3.23. The molecule has 0 atom stereocenters. The monoisotopic (exact) mass is 347 g/mol. The first-order valence-electron chi connectivity index (χ1n) is 4.55. The van der Waals surface area contributed by atoms with Gasteiger partial charge in [0.15, 0.2) is 0 Å². The number of hydrogen-bond donors (Lipinski definition) is 0. The summed E-state index contributed by atoms with van der Waals surface area (Å²) in [5, 5.41) is 1.69. The first-order chi connectivity index (χ1) is 7.13. The van der Waals surface area contributed by atoms with Gasteiger partial charge in [-0.3, -0.25) is 4.98 Å². The summed E-state index contributed by atoms with van der Waals surface area (Å²) >= 11 is 13.0. The third-order valence-electron chi connectivity index (χ3n) is 2.29. The van der Waals surface area contributed by atoms with Gasteiger partial charge in [-0.15, -0.1) is 0 Å². The lowest BCUT2D eigenvalue weighted by molar-refractivity contribution is 1.14. The second-order valence-corrected chi connectivity index (χ2v) is 5.35. The molecule has 1 heterocycles. The minimum absolute atomic E-state index is 0.641. The molecule has 2 aromatic rings. The smallest absolute Gasteiger partial charge is 0.0747 e. The van der Waals surface area contributed by atoms with Gasteiger partial charge in [0.05, 0.1) is 10.5 Å². The first kappa shape index (κ1) is 11.4. The first-order valence-corrected chi connectivity index (χ1v) is 6.52. The van der Waals surface area contributed by atoms with Crippen LogP contribution < -0.4 is 0 Å². The van der Waals surface area contributed by atoms with Crippen LogP contribution in [0, 0.1) is 0 Å². The number of aryl methyl sites for hydroxylation is 1. The maximum absolute atomic E-state index is 6.01. The van der Waals surface area contributed by atoms with E-state index in [1.54, 1.807) is 6.20 Å². The van der Waals surface area contributed by atoms with Gasteiger partial charge >= 0.3 is 0 Å². The summed E-state index contributed by atoms with van der Waals surface area (Å²) in [5.74, 6) is 0. The Hall–Kier alpha value is -0.120. The summed E-state index contributed by atoms with van der Waals surface area (Å²) in [5.41, 5.74) is 2.23. The molecule has 78 valence electrons. The van der Waals surface area contributed by atoms with E-state index in [2.05, 4.69) is 49.8 Å². The van der Waals surface area contributed by atoms with Gasteiger partial charge in [-0.25, -0.2) is 0 Å². The van der Waals surface area contributed by atoms with Crippen molar-refractivity contribution in [3.8, 4) is 0 Å². The standard InChI is InChI=1S/C11H8Br2ClN/c1-2-6-3-7(12)4-8-10(13)9(14)5-15-11(6)8/h3-5H,2H2,1H3. The van der Waals surface area contributed by atoms with Crippen LogP contribution in [-0.2, 0) is 6.42 Å². The van der Waals surface area contributed by atoms with Crippen molar-refractivity contribution in [2.75, 3.05) is 0 Å². The fraction of sp³-hybridized carbons (Fsp3) is 0.182. The predicted octanol–water partition coefficient (Wildman–Crippen LogP) is 4.98. The zero-order valence-corrected chi connectivity index (χ0v) is 11.9. The molecule has 2 rings (SSSR count). The average Bonchev–Trinajstić information content (AvgIpc) is 2.23. The van der Waals surface area contributed by atoms with E-state index in [1.807, 2.05) is 6.07 Å². The number of aromatic nitrogens is 1. The van der Waals surface area contributed by atoms with Crippen molar-refractivity contribution in [1.82, 2.24) is 4.98 Å². The molecule has 0 N–H and O–H groups in total. The van der Waals surface area contributed by atoms with Crippen LogP contribution in [0.4, 0.5) is 0 Å². The Morgan fingerprint density at radius 3 is 2.73 bits per heavy atom. The van der Waals surface area contributed by atoms with Gasteiger partial charge in [0.25, 0.3) is 0 Å². The van der Waals surface area contributed by atoms with E-state index >= 15 is 0 Å². The van der Waals surface area contributed by atoms with E-state index in [0.29, 0.717) is 5.02 Å². The molecular formula is C11H8Br2ClN. The molecule has 1 aromatic heterocycles. The van der Waals surface area contributed by atoms with Crippen molar-refractivity contribution in [3.05, 3.63) is 37.9 Å². The lowest BCUT2D eigenvalue weighted by Gasteiger charge is -2.07. The normalized spacial score (nSPS) is 10.9. The summed E-state index contributed by atoms with van der Waals surface area (Å²) in [7, 11) is 0. The Bertz CT molecular complexity index is 525. The van der Waals surface area contributed by atoms with Crippen molar-refractivity contribution < 1.29 is 0 Å². The van der Waals surface area contributed by atoms with Crippen LogP contribution in [0.3, 0.4) is 0 Å². The molecule has 4 heteroatoms. The maximum atomic E-state index is 6.01. The molecule has 0 aliphatic carbocycles. The minimum Gasteiger partial charge on any atom is -0.254 e. The zero-order valence-electron chi connectivity index (χ0n) is 8.02. The lowest BCUT2D eigenvalue weighted by atomic mass is 10.1. The maximum Gasteiger partial charge on any atom is 0.0747 e. The minimum atomic E-state index is 0.641. The van der Waals surface area contributed by atoms with Crippen LogP contribution in [0.15, 0.2) is 27.3 Å². The number of halogens is 3. The van der Waals surface area contributed by atoms with Gasteiger partial charge in [0.1, 0.15) is 0 Å². The highest BCUT2D eigenvalue weighted by Crippen LogP contribution is 2.33. The van der Waals surface area contributed by atoms with Gasteiger partial charge < -0.3 is 0 Å². The average molecular weight is 349 g/mol. The van der Waals surface area contributed by atoms with Crippen molar-refractivity contribution >= 4 is 54.4 Å². The summed E-state index contributed by atoms with van der Waals surface area (Å²) in [6.45, 7) is 2.12. The lowest BCUT2D eigenvalue weighted by Crippen LogP contribution is -1.89. The van der Waals surface area contributed by atoms with E-state index in [-0.39, 0.29) is 0 Å². The highest BCUT2D eigenvalue weighted by molar-refractivity contribution is 9.11. The van der Waals surface area contributed by atoms with Gasteiger partial charge in [-0.2, -0.15) is 0 Å². The number of hydrogen-bond acceptors (Lipinski definition) is 1. The number of benzene rings is 1. The molecule has 0 saturated heterocycles. The molecule has 15 heavy (non-hydrogen) atoms. The highest BCUT2D eigenvalue weighted by Gasteiger charge is 2.08. The molecule has 0 aliphatic heterocycles. The van der Waals surface area contributed by atoms with Crippen LogP contribution in [0.25, 0.3) is 10.9 Å². The number of rotatable bonds is 1. The van der Waals surface area contributed by atoms with Gasteiger partial charge in [-0.1, -0.05) is 34.5 Å². The van der Waals surface area contributed by atoms with Crippen molar-refractivity contribution in [1.29, 1.82) is 0 Å². The van der Waals surface area contributed by atoms with Crippen molar-refractivity contribution in [2.45, 2.75) is 13.3 Å². The number of nitrogens with zero attached hydrogens (tertiary/aromatic N) is 1. The topological polar surface area (TPSA) is 12.9 Å². The van der Waals surface area contributed by atoms with Gasteiger partial charge in [0.2, 0.25) is 0 Å². The van der Waals surface area contributed by atoms with E-state index in [9.17, 15) is 0 Å². The van der Waals surface area contributed by atoms with E-state index in [1.165, 1.54) is 5.56 Å². The molecule has 0 unspecified atom stereocenters. The van der Waals surface area contributed by atoms with Crippen LogP contribution in [-0.4, -0.2) is 4.98 Å². The van der Waals surface area contributed by atoms with E-state index in [0.717, 1.165) is 26.3 Å². The molecule has 0 amide bonds. The summed E-state index contributed by atoms with van der Waals surface area (Å²) in [6, 6.07) is 4.12. The Labute approximate surface area is 110 Å². The summed E-state index contributed by atoms with van der Waals surface area (Å²) < 4.78 is 1.96. The Balaban J connectivity index is 2.89. The Morgan fingerprint density at radius 2 is 2.07 bits per heavy atom. The Kier molecular flexibility index (Phi) is 3.33.